The second kappa shape index (κ2) is 6.49. The molecule has 0 spiro atoms. The van der Waals surface area contributed by atoms with E-state index in [1.165, 1.54) is 24.3 Å². The molecule has 2 fully saturated rings. The number of esters is 1. The maximum Gasteiger partial charge on any atom is 0.317 e. The zero-order valence-corrected chi connectivity index (χ0v) is 13.7. The van der Waals surface area contributed by atoms with Crippen molar-refractivity contribution in [1.82, 2.24) is 4.90 Å². The van der Waals surface area contributed by atoms with Gasteiger partial charge in [0.1, 0.15) is 5.41 Å². The molecule has 116 valence electrons. The van der Waals surface area contributed by atoms with Gasteiger partial charge in [-0.2, -0.15) is 0 Å². The minimum absolute atomic E-state index is 0.0238. The van der Waals surface area contributed by atoms with E-state index in [2.05, 4.69) is 23.4 Å². The molecule has 1 unspecified atom stereocenters. The highest BCUT2D eigenvalue weighted by Gasteiger charge is 2.45. The Labute approximate surface area is 131 Å². The van der Waals surface area contributed by atoms with Crippen LogP contribution in [0, 0.1) is 5.92 Å². The lowest BCUT2D eigenvalue weighted by Gasteiger charge is -2.31. The Balaban J connectivity index is 1.63. The molecule has 0 radical (unpaired) electrons. The van der Waals surface area contributed by atoms with Crippen molar-refractivity contribution in [2.24, 2.45) is 5.92 Å². The van der Waals surface area contributed by atoms with Gasteiger partial charge in [-0.05, 0) is 50.7 Å². The van der Waals surface area contributed by atoms with Crippen molar-refractivity contribution in [3.05, 3.63) is 22.4 Å². The van der Waals surface area contributed by atoms with E-state index in [9.17, 15) is 4.79 Å². The third-order valence-corrected chi connectivity index (χ3v) is 6.09. The third kappa shape index (κ3) is 3.16. The first-order valence-corrected chi connectivity index (χ1v) is 8.98. The largest absolute Gasteiger partial charge is 0.465 e. The molecule has 0 N–H and O–H groups in total. The lowest BCUT2D eigenvalue weighted by atomic mass is 9.84. The second-order valence-electron chi connectivity index (χ2n) is 6.64. The second-order valence-corrected chi connectivity index (χ2v) is 7.58. The van der Waals surface area contributed by atoms with E-state index in [1.54, 1.807) is 11.3 Å². The van der Waals surface area contributed by atoms with E-state index in [4.69, 9.17) is 4.74 Å². The first kappa shape index (κ1) is 15.0. The molecule has 2 heterocycles. The van der Waals surface area contributed by atoms with Crippen molar-refractivity contribution in [2.75, 3.05) is 26.7 Å². The summed E-state index contributed by atoms with van der Waals surface area (Å²) in [5.41, 5.74) is -0.339. The number of nitrogens with zero attached hydrogens (tertiary/aromatic N) is 1. The van der Waals surface area contributed by atoms with E-state index < -0.39 is 0 Å². The molecule has 1 aromatic heterocycles. The highest BCUT2D eigenvalue weighted by atomic mass is 32.1. The van der Waals surface area contributed by atoms with Crippen LogP contribution in [0.5, 0.6) is 0 Å². The Bertz CT molecular complexity index is 465. The number of hydrogen-bond donors (Lipinski definition) is 0. The number of carbonyl (C=O) groups is 1. The molecule has 1 aliphatic heterocycles. The van der Waals surface area contributed by atoms with Gasteiger partial charge in [0.2, 0.25) is 0 Å². The maximum atomic E-state index is 12.8. The van der Waals surface area contributed by atoms with Gasteiger partial charge in [0.05, 0.1) is 6.61 Å². The molecular weight excluding hydrogens is 282 g/mol. The van der Waals surface area contributed by atoms with Gasteiger partial charge in [-0.3, -0.25) is 4.79 Å². The summed E-state index contributed by atoms with van der Waals surface area (Å²) >= 11 is 1.70. The van der Waals surface area contributed by atoms with Crippen molar-refractivity contribution >= 4 is 17.3 Å². The molecule has 4 heteroatoms. The molecule has 3 rings (SSSR count). The van der Waals surface area contributed by atoms with E-state index in [0.717, 1.165) is 32.2 Å². The van der Waals surface area contributed by atoms with Crippen LogP contribution in [-0.4, -0.2) is 37.6 Å². The fourth-order valence-corrected chi connectivity index (χ4v) is 4.80. The van der Waals surface area contributed by atoms with E-state index in [-0.39, 0.29) is 11.4 Å². The van der Waals surface area contributed by atoms with Crippen LogP contribution >= 0.6 is 11.3 Å². The Kier molecular flexibility index (Phi) is 4.65. The SMILES string of the molecule is CN1CCCC(COC(=O)C2(c3cccs3)CCCC2)C1. The predicted octanol–water partition coefficient (Wildman–Crippen LogP) is 3.44. The van der Waals surface area contributed by atoms with Crippen LogP contribution in [0.4, 0.5) is 0 Å². The summed E-state index contributed by atoms with van der Waals surface area (Å²) in [5.74, 6) is 0.533. The lowest BCUT2D eigenvalue weighted by Crippen LogP contribution is -2.38. The van der Waals surface area contributed by atoms with Gasteiger partial charge in [-0.15, -0.1) is 11.3 Å². The van der Waals surface area contributed by atoms with Crippen molar-refractivity contribution in [1.29, 1.82) is 0 Å². The number of hydrogen-bond acceptors (Lipinski definition) is 4. The van der Waals surface area contributed by atoms with Crippen molar-refractivity contribution in [3.63, 3.8) is 0 Å². The van der Waals surface area contributed by atoms with Crippen LogP contribution in [0.25, 0.3) is 0 Å². The van der Waals surface area contributed by atoms with Crippen LogP contribution in [0.15, 0.2) is 17.5 Å². The quantitative estimate of drug-likeness (QED) is 0.798. The monoisotopic (exact) mass is 307 g/mol. The minimum Gasteiger partial charge on any atom is -0.465 e. The van der Waals surface area contributed by atoms with Gasteiger partial charge in [0.25, 0.3) is 0 Å². The van der Waals surface area contributed by atoms with Crippen LogP contribution in [0.3, 0.4) is 0 Å². The van der Waals surface area contributed by atoms with E-state index >= 15 is 0 Å². The Hall–Kier alpha value is -0.870. The Morgan fingerprint density at radius 1 is 1.43 bits per heavy atom. The Morgan fingerprint density at radius 2 is 2.24 bits per heavy atom. The molecule has 0 bridgehead atoms. The fraction of sp³-hybridized carbons (Fsp3) is 0.706. The number of carbonyl (C=O) groups excluding carboxylic acids is 1. The van der Waals surface area contributed by atoms with Gasteiger partial charge < -0.3 is 9.64 Å². The van der Waals surface area contributed by atoms with Gasteiger partial charge in [0, 0.05) is 17.3 Å². The summed E-state index contributed by atoms with van der Waals surface area (Å²) in [4.78, 5) is 16.3. The molecule has 3 nitrogen and oxygen atoms in total. The smallest absolute Gasteiger partial charge is 0.317 e. The number of ether oxygens (including phenoxy) is 1. The van der Waals surface area contributed by atoms with Crippen LogP contribution in [0.2, 0.25) is 0 Å². The van der Waals surface area contributed by atoms with Crippen molar-refractivity contribution in [2.45, 2.75) is 43.9 Å². The van der Waals surface area contributed by atoms with Crippen LogP contribution in [-0.2, 0) is 14.9 Å². The fourth-order valence-electron chi connectivity index (χ4n) is 3.82. The van der Waals surface area contributed by atoms with Crippen molar-refractivity contribution in [3.8, 4) is 0 Å². The number of piperidine rings is 1. The molecule has 1 atom stereocenters. The summed E-state index contributed by atoms with van der Waals surface area (Å²) < 4.78 is 5.78. The summed E-state index contributed by atoms with van der Waals surface area (Å²) in [5, 5.41) is 2.07. The summed E-state index contributed by atoms with van der Waals surface area (Å²) in [6, 6.07) is 4.15. The molecule has 0 aromatic carbocycles. The van der Waals surface area contributed by atoms with E-state index in [1.807, 2.05) is 6.07 Å². The van der Waals surface area contributed by atoms with Gasteiger partial charge >= 0.3 is 5.97 Å². The summed E-state index contributed by atoms with van der Waals surface area (Å²) in [6.07, 6.45) is 6.59. The average Bonchev–Trinajstić information content (AvgIpc) is 3.16. The zero-order valence-electron chi connectivity index (χ0n) is 12.8. The molecule has 1 aliphatic carbocycles. The molecule has 1 saturated heterocycles. The van der Waals surface area contributed by atoms with Gasteiger partial charge in [0.15, 0.2) is 0 Å². The van der Waals surface area contributed by atoms with Gasteiger partial charge in [-0.1, -0.05) is 18.9 Å². The normalized spacial score (nSPS) is 25.9. The third-order valence-electron chi connectivity index (χ3n) is 5.01. The lowest BCUT2D eigenvalue weighted by molar-refractivity contribution is -0.152. The number of likely N-dealkylation sites (tertiary alicyclic amines) is 1. The highest BCUT2D eigenvalue weighted by molar-refractivity contribution is 7.10. The average molecular weight is 307 g/mol. The molecule has 21 heavy (non-hydrogen) atoms. The summed E-state index contributed by atoms with van der Waals surface area (Å²) in [7, 11) is 2.15. The highest BCUT2D eigenvalue weighted by Crippen LogP contribution is 2.44. The molecule has 2 aliphatic rings. The Morgan fingerprint density at radius 3 is 2.90 bits per heavy atom. The van der Waals surface area contributed by atoms with Gasteiger partial charge in [-0.25, -0.2) is 0 Å². The maximum absolute atomic E-state index is 12.8. The zero-order chi connectivity index (χ0) is 14.7. The summed E-state index contributed by atoms with van der Waals surface area (Å²) in [6.45, 7) is 2.82. The van der Waals surface area contributed by atoms with Crippen molar-refractivity contribution < 1.29 is 9.53 Å². The topological polar surface area (TPSA) is 29.5 Å². The first-order chi connectivity index (χ1) is 10.2. The molecular formula is C17H25NO2S. The predicted molar refractivity (Wildman–Crippen MR) is 85.6 cm³/mol. The molecule has 1 saturated carbocycles. The van der Waals surface area contributed by atoms with E-state index in [0.29, 0.717) is 12.5 Å². The molecule has 0 amide bonds. The number of rotatable bonds is 4. The van der Waals surface area contributed by atoms with Crippen LogP contribution < -0.4 is 0 Å². The van der Waals surface area contributed by atoms with Crippen LogP contribution in [0.1, 0.15) is 43.4 Å². The molecule has 1 aromatic rings. The number of thiophene rings is 1. The first-order valence-electron chi connectivity index (χ1n) is 8.10. The standard InChI is InChI=1S/C17H25NO2S/c1-18-10-4-6-14(12-18)13-20-16(19)17(8-2-3-9-17)15-7-5-11-21-15/h5,7,11,14H,2-4,6,8-10,12-13H2,1H3. The minimum atomic E-state index is -0.339.